The minimum Gasteiger partial charge on any atom is -0.314 e. The molecule has 2 heterocycles. The van der Waals surface area contributed by atoms with E-state index in [0.717, 1.165) is 23.5 Å². The van der Waals surface area contributed by atoms with Crippen molar-refractivity contribution < 1.29 is 0 Å². The normalized spacial score (nSPS) is 44.9. The summed E-state index contributed by atoms with van der Waals surface area (Å²) in [5.41, 5.74) is 1.37. The smallest absolute Gasteiger partial charge is 0.0104 e. The molecule has 4 atom stereocenters. The molecule has 0 aromatic rings. The Balaban J connectivity index is 1.40. The minimum atomic E-state index is 0.628. The fraction of sp³-hybridized carbons (Fsp3) is 1.00. The molecule has 2 saturated heterocycles. The highest BCUT2D eigenvalue weighted by Crippen LogP contribution is 2.51. The van der Waals surface area contributed by atoms with Gasteiger partial charge in [0.15, 0.2) is 0 Å². The Morgan fingerprint density at radius 2 is 1.70 bits per heavy atom. The molecule has 132 valence electrons. The molecule has 0 radical (unpaired) electrons. The van der Waals surface area contributed by atoms with E-state index in [0.29, 0.717) is 5.41 Å². The zero-order valence-corrected chi connectivity index (χ0v) is 15.6. The van der Waals surface area contributed by atoms with Gasteiger partial charge in [0.25, 0.3) is 0 Å². The Bertz CT molecular complexity index is 414. The highest BCUT2D eigenvalue weighted by Gasteiger charge is 2.48. The summed E-state index contributed by atoms with van der Waals surface area (Å²) in [7, 11) is 0. The largest absolute Gasteiger partial charge is 0.314 e. The molecular formula is C21H38N2. The molecule has 4 aliphatic rings. The van der Waals surface area contributed by atoms with Crippen molar-refractivity contribution in [2.75, 3.05) is 13.1 Å². The maximum Gasteiger partial charge on any atom is 0.0104 e. The van der Waals surface area contributed by atoms with Crippen LogP contribution >= 0.6 is 0 Å². The lowest BCUT2D eigenvalue weighted by Crippen LogP contribution is -2.52. The lowest BCUT2D eigenvalue weighted by Gasteiger charge is -2.50. The Morgan fingerprint density at radius 3 is 2.43 bits per heavy atom. The fourth-order valence-corrected chi connectivity index (χ4v) is 6.95. The standard InChI is InChI=1S/C21H38N2/c1-17-15-20(8-4-3-5-9-20)12-14-23(17)19-7-11-21(16-19)10-6-13-22-18(21)2/h17-19,22H,3-16H2,1-2H3. The van der Waals surface area contributed by atoms with Gasteiger partial charge in [-0.15, -0.1) is 0 Å². The average Bonchev–Trinajstić information content (AvgIpc) is 2.96. The second-order valence-electron chi connectivity index (χ2n) is 9.64. The van der Waals surface area contributed by atoms with E-state index >= 15 is 0 Å². The van der Waals surface area contributed by atoms with E-state index in [2.05, 4.69) is 24.1 Å². The number of likely N-dealkylation sites (tertiary alicyclic amines) is 1. The summed E-state index contributed by atoms with van der Waals surface area (Å²) in [5.74, 6) is 0. The van der Waals surface area contributed by atoms with Gasteiger partial charge >= 0.3 is 0 Å². The van der Waals surface area contributed by atoms with Crippen molar-refractivity contribution in [2.24, 2.45) is 10.8 Å². The molecule has 2 nitrogen and oxygen atoms in total. The number of hydrogen-bond acceptors (Lipinski definition) is 2. The van der Waals surface area contributed by atoms with Crippen LogP contribution in [0.25, 0.3) is 0 Å². The monoisotopic (exact) mass is 318 g/mol. The molecule has 2 saturated carbocycles. The van der Waals surface area contributed by atoms with Gasteiger partial charge in [-0.3, -0.25) is 4.90 Å². The molecule has 2 aliphatic carbocycles. The zero-order valence-electron chi connectivity index (χ0n) is 15.6. The second-order valence-corrected chi connectivity index (χ2v) is 9.64. The lowest BCUT2D eigenvalue weighted by molar-refractivity contribution is 0.00250. The van der Waals surface area contributed by atoms with Gasteiger partial charge in [0.2, 0.25) is 0 Å². The molecular weight excluding hydrogens is 280 g/mol. The van der Waals surface area contributed by atoms with Crippen LogP contribution in [0.5, 0.6) is 0 Å². The van der Waals surface area contributed by atoms with Crippen LogP contribution in [0.1, 0.15) is 90.9 Å². The first kappa shape index (κ1) is 16.4. The third-order valence-corrected chi connectivity index (χ3v) is 8.42. The van der Waals surface area contributed by atoms with Gasteiger partial charge in [-0.25, -0.2) is 0 Å². The summed E-state index contributed by atoms with van der Waals surface area (Å²) in [6, 6.07) is 2.45. The van der Waals surface area contributed by atoms with Crippen LogP contribution in [-0.4, -0.2) is 36.1 Å². The lowest BCUT2D eigenvalue weighted by atomic mass is 9.66. The van der Waals surface area contributed by atoms with E-state index in [1.165, 1.54) is 90.1 Å². The van der Waals surface area contributed by atoms with Gasteiger partial charge in [-0.05, 0) is 95.6 Å². The minimum absolute atomic E-state index is 0.628. The van der Waals surface area contributed by atoms with E-state index < -0.39 is 0 Å². The molecule has 0 amide bonds. The number of piperidine rings is 2. The zero-order chi connectivity index (χ0) is 15.9. The first-order chi connectivity index (χ1) is 11.1. The van der Waals surface area contributed by atoms with Crippen LogP contribution in [0.2, 0.25) is 0 Å². The van der Waals surface area contributed by atoms with Gasteiger partial charge in [0.05, 0.1) is 0 Å². The van der Waals surface area contributed by atoms with Crippen LogP contribution in [0.3, 0.4) is 0 Å². The molecule has 0 bridgehead atoms. The summed E-state index contributed by atoms with van der Waals surface area (Å²) in [5, 5.41) is 3.78. The summed E-state index contributed by atoms with van der Waals surface area (Å²) < 4.78 is 0. The van der Waals surface area contributed by atoms with Crippen LogP contribution in [-0.2, 0) is 0 Å². The van der Waals surface area contributed by atoms with Gasteiger partial charge < -0.3 is 5.32 Å². The van der Waals surface area contributed by atoms with Crippen LogP contribution in [0.15, 0.2) is 0 Å². The fourth-order valence-electron chi connectivity index (χ4n) is 6.95. The first-order valence-electron chi connectivity index (χ1n) is 10.6. The molecule has 2 spiro atoms. The van der Waals surface area contributed by atoms with E-state index in [9.17, 15) is 0 Å². The topological polar surface area (TPSA) is 15.3 Å². The van der Waals surface area contributed by atoms with E-state index in [-0.39, 0.29) is 0 Å². The molecule has 4 unspecified atom stereocenters. The van der Waals surface area contributed by atoms with Gasteiger partial charge in [-0.1, -0.05) is 19.3 Å². The molecule has 2 heteroatoms. The van der Waals surface area contributed by atoms with Crippen LogP contribution in [0.4, 0.5) is 0 Å². The second kappa shape index (κ2) is 6.33. The highest BCUT2D eigenvalue weighted by atomic mass is 15.2. The van der Waals surface area contributed by atoms with Gasteiger partial charge in [0.1, 0.15) is 0 Å². The maximum atomic E-state index is 3.78. The number of nitrogens with one attached hydrogen (secondary N) is 1. The number of rotatable bonds is 1. The highest BCUT2D eigenvalue weighted by molar-refractivity contribution is 5.03. The summed E-state index contributed by atoms with van der Waals surface area (Å²) in [6.07, 6.45) is 17.8. The van der Waals surface area contributed by atoms with E-state index in [1.807, 2.05) is 0 Å². The Hall–Kier alpha value is -0.0800. The maximum absolute atomic E-state index is 3.78. The number of hydrogen-bond donors (Lipinski definition) is 1. The third-order valence-electron chi connectivity index (χ3n) is 8.42. The molecule has 4 rings (SSSR count). The van der Waals surface area contributed by atoms with Crippen LogP contribution in [0, 0.1) is 10.8 Å². The van der Waals surface area contributed by atoms with Crippen molar-refractivity contribution in [1.82, 2.24) is 10.2 Å². The van der Waals surface area contributed by atoms with Crippen molar-refractivity contribution >= 4 is 0 Å². The quantitative estimate of drug-likeness (QED) is 0.752. The summed E-state index contributed by atoms with van der Waals surface area (Å²) in [6.45, 7) is 7.64. The predicted molar refractivity (Wildman–Crippen MR) is 97.7 cm³/mol. The Morgan fingerprint density at radius 1 is 0.870 bits per heavy atom. The first-order valence-corrected chi connectivity index (χ1v) is 10.6. The SMILES string of the molecule is CC1CC2(CCCCC2)CCN1C1CCC2(CCCNC2C)C1. The molecule has 2 aliphatic heterocycles. The summed E-state index contributed by atoms with van der Waals surface area (Å²) in [4.78, 5) is 2.94. The predicted octanol–water partition coefficient (Wildman–Crippen LogP) is 4.73. The molecule has 0 aromatic heterocycles. The van der Waals surface area contributed by atoms with Gasteiger partial charge in [0, 0.05) is 18.1 Å². The summed E-state index contributed by atoms with van der Waals surface area (Å²) >= 11 is 0. The molecule has 4 fully saturated rings. The Labute approximate surface area is 143 Å². The van der Waals surface area contributed by atoms with Crippen molar-refractivity contribution in [3.63, 3.8) is 0 Å². The average molecular weight is 319 g/mol. The molecule has 0 aromatic carbocycles. The van der Waals surface area contributed by atoms with Crippen LogP contribution < -0.4 is 5.32 Å². The van der Waals surface area contributed by atoms with E-state index in [4.69, 9.17) is 0 Å². The number of nitrogens with zero attached hydrogens (tertiary/aromatic N) is 1. The van der Waals surface area contributed by atoms with Crippen molar-refractivity contribution in [3.8, 4) is 0 Å². The molecule has 23 heavy (non-hydrogen) atoms. The van der Waals surface area contributed by atoms with Crippen molar-refractivity contribution in [1.29, 1.82) is 0 Å². The van der Waals surface area contributed by atoms with E-state index in [1.54, 1.807) is 0 Å². The van der Waals surface area contributed by atoms with Crippen molar-refractivity contribution in [2.45, 2.75) is 109 Å². The van der Waals surface area contributed by atoms with Crippen molar-refractivity contribution in [3.05, 3.63) is 0 Å². The van der Waals surface area contributed by atoms with Gasteiger partial charge in [-0.2, -0.15) is 0 Å². The third kappa shape index (κ3) is 2.99. The Kier molecular flexibility index (Phi) is 4.51. The molecule has 1 N–H and O–H groups in total.